The molecule has 0 spiro atoms. The first-order valence-electron chi connectivity index (χ1n) is 11.1. The lowest BCUT2D eigenvalue weighted by atomic mass is 10.0. The summed E-state index contributed by atoms with van der Waals surface area (Å²) in [4.78, 5) is 9.19. The van der Waals surface area contributed by atoms with Crippen LogP contribution in [0.5, 0.6) is 0 Å². The molecule has 7 aromatic rings. The molecule has 0 atom stereocenters. The predicted octanol–water partition coefficient (Wildman–Crippen LogP) is 7.55. The molecule has 33 heavy (non-hydrogen) atoms. The van der Waals surface area contributed by atoms with Gasteiger partial charge in [-0.1, -0.05) is 66.7 Å². The average Bonchev–Trinajstić information content (AvgIpc) is 3.23. The van der Waals surface area contributed by atoms with Gasteiger partial charge in [0.1, 0.15) is 5.82 Å². The third-order valence-electron chi connectivity index (χ3n) is 6.51. The summed E-state index contributed by atoms with van der Waals surface area (Å²) >= 11 is 0. The standard InChI is InChI=1S/C30H19N3/c1-3-9-24-20(6-1)11-14-28-29(24)26-18-22(23-8-5-16-31-19-23)12-13-27(26)33(28)30-25-10-4-2-7-21(25)15-17-32-30/h1-19H. The summed E-state index contributed by atoms with van der Waals surface area (Å²) < 4.78 is 2.31. The molecular formula is C30H19N3. The van der Waals surface area contributed by atoms with Gasteiger partial charge < -0.3 is 0 Å². The summed E-state index contributed by atoms with van der Waals surface area (Å²) in [5.41, 5.74) is 4.59. The normalized spacial score (nSPS) is 11.6. The van der Waals surface area contributed by atoms with Crippen LogP contribution in [0.15, 0.2) is 116 Å². The van der Waals surface area contributed by atoms with Crippen molar-refractivity contribution in [2.75, 3.05) is 0 Å². The summed E-state index contributed by atoms with van der Waals surface area (Å²) in [5.74, 6) is 0.956. The van der Waals surface area contributed by atoms with Crippen LogP contribution in [0, 0.1) is 0 Å². The Morgan fingerprint density at radius 3 is 2.18 bits per heavy atom. The first kappa shape index (κ1) is 18.1. The number of aromatic nitrogens is 3. The summed E-state index contributed by atoms with van der Waals surface area (Å²) in [6, 6.07) is 34.4. The first-order chi connectivity index (χ1) is 16.4. The van der Waals surface area contributed by atoms with E-state index in [1.165, 1.54) is 26.9 Å². The maximum atomic E-state index is 4.86. The Bertz CT molecular complexity index is 1810. The first-order valence-corrected chi connectivity index (χ1v) is 11.1. The van der Waals surface area contributed by atoms with E-state index in [2.05, 4.69) is 101 Å². The highest BCUT2D eigenvalue weighted by Gasteiger charge is 2.17. The van der Waals surface area contributed by atoms with Crippen molar-refractivity contribution in [1.29, 1.82) is 0 Å². The average molecular weight is 422 g/mol. The highest BCUT2D eigenvalue weighted by molar-refractivity contribution is 6.22. The largest absolute Gasteiger partial charge is 0.293 e. The van der Waals surface area contributed by atoms with E-state index in [-0.39, 0.29) is 0 Å². The minimum atomic E-state index is 0.956. The lowest BCUT2D eigenvalue weighted by Gasteiger charge is -2.10. The van der Waals surface area contributed by atoms with Crippen molar-refractivity contribution in [3.05, 3.63) is 116 Å². The van der Waals surface area contributed by atoms with Gasteiger partial charge in [-0.25, -0.2) is 4.98 Å². The van der Waals surface area contributed by atoms with E-state index in [0.29, 0.717) is 0 Å². The zero-order chi connectivity index (χ0) is 21.8. The van der Waals surface area contributed by atoms with Crippen molar-refractivity contribution in [1.82, 2.24) is 14.5 Å². The number of pyridine rings is 2. The molecule has 154 valence electrons. The van der Waals surface area contributed by atoms with Gasteiger partial charge in [-0.15, -0.1) is 0 Å². The molecule has 3 heterocycles. The monoisotopic (exact) mass is 421 g/mol. The van der Waals surface area contributed by atoms with Gasteiger partial charge in [-0.2, -0.15) is 0 Å². The number of hydrogen-bond donors (Lipinski definition) is 0. The minimum absolute atomic E-state index is 0.956. The molecule has 0 fully saturated rings. The molecule has 0 saturated heterocycles. The molecular weight excluding hydrogens is 402 g/mol. The fraction of sp³-hybridized carbons (Fsp3) is 0. The molecule has 3 nitrogen and oxygen atoms in total. The molecule has 7 rings (SSSR count). The molecule has 3 aromatic heterocycles. The Labute approximate surface area is 190 Å². The SMILES string of the molecule is c1cncc(-c2ccc3c(c2)c2c4ccccc4ccc2n3-c2nccc3ccccc23)c1. The van der Waals surface area contributed by atoms with E-state index in [1.54, 1.807) is 0 Å². The molecule has 0 amide bonds. The second-order valence-electron chi connectivity index (χ2n) is 8.35. The Morgan fingerprint density at radius 1 is 0.545 bits per heavy atom. The van der Waals surface area contributed by atoms with Gasteiger partial charge >= 0.3 is 0 Å². The van der Waals surface area contributed by atoms with Gasteiger partial charge in [-0.3, -0.25) is 9.55 Å². The van der Waals surface area contributed by atoms with E-state index in [1.807, 2.05) is 24.7 Å². The van der Waals surface area contributed by atoms with Crippen molar-refractivity contribution in [2.45, 2.75) is 0 Å². The molecule has 0 aliphatic carbocycles. The third-order valence-corrected chi connectivity index (χ3v) is 6.51. The van der Waals surface area contributed by atoms with Gasteiger partial charge in [0, 0.05) is 40.3 Å². The zero-order valence-corrected chi connectivity index (χ0v) is 17.8. The second-order valence-corrected chi connectivity index (χ2v) is 8.35. The predicted molar refractivity (Wildman–Crippen MR) is 137 cm³/mol. The Hall–Kier alpha value is -4.50. The maximum absolute atomic E-state index is 4.86. The van der Waals surface area contributed by atoms with Crippen LogP contribution >= 0.6 is 0 Å². The lowest BCUT2D eigenvalue weighted by Crippen LogP contribution is -1.98. The fourth-order valence-electron chi connectivity index (χ4n) is 5.01. The van der Waals surface area contributed by atoms with Crippen LogP contribution in [0.3, 0.4) is 0 Å². The van der Waals surface area contributed by atoms with Gasteiger partial charge in [0.15, 0.2) is 0 Å². The van der Waals surface area contributed by atoms with E-state index in [0.717, 1.165) is 33.4 Å². The molecule has 0 N–H and O–H groups in total. The van der Waals surface area contributed by atoms with Gasteiger partial charge in [0.2, 0.25) is 0 Å². The third kappa shape index (κ3) is 2.69. The van der Waals surface area contributed by atoms with Crippen molar-refractivity contribution in [3.8, 4) is 16.9 Å². The second kappa shape index (κ2) is 7.01. The number of hydrogen-bond acceptors (Lipinski definition) is 2. The van der Waals surface area contributed by atoms with E-state index in [4.69, 9.17) is 4.98 Å². The van der Waals surface area contributed by atoms with E-state index >= 15 is 0 Å². The molecule has 0 radical (unpaired) electrons. The van der Waals surface area contributed by atoms with Gasteiger partial charge in [-0.05, 0) is 52.1 Å². The molecule has 4 aromatic carbocycles. The Balaban J connectivity index is 1.67. The molecule has 3 heteroatoms. The van der Waals surface area contributed by atoms with Crippen LogP contribution in [0.2, 0.25) is 0 Å². The van der Waals surface area contributed by atoms with Crippen molar-refractivity contribution >= 4 is 43.4 Å². The van der Waals surface area contributed by atoms with Gasteiger partial charge in [0.05, 0.1) is 11.0 Å². The van der Waals surface area contributed by atoms with Crippen LogP contribution in [0.4, 0.5) is 0 Å². The topological polar surface area (TPSA) is 30.7 Å². The number of nitrogens with zero attached hydrogens (tertiary/aromatic N) is 3. The van der Waals surface area contributed by atoms with Gasteiger partial charge in [0.25, 0.3) is 0 Å². The van der Waals surface area contributed by atoms with Crippen molar-refractivity contribution in [2.24, 2.45) is 0 Å². The quantitative estimate of drug-likeness (QED) is 0.289. The Morgan fingerprint density at radius 2 is 1.33 bits per heavy atom. The molecule has 0 saturated carbocycles. The summed E-state index contributed by atoms with van der Waals surface area (Å²) in [7, 11) is 0. The summed E-state index contributed by atoms with van der Waals surface area (Å²) in [5, 5.41) is 7.29. The van der Waals surface area contributed by atoms with Crippen LogP contribution < -0.4 is 0 Å². The van der Waals surface area contributed by atoms with Crippen LogP contribution in [0.25, 0.3) is 60.3 Å². The summed E-state index contributed by atoms with van der Waals surface area (Å²) in [6.07, 6.45) is 5.64. The molecule has 0 bridgehead atoms. The zero-order valence-electron chi connectivity index (χ0n) is 17.8. The highest BCUT2D eigenvalue weighted by Crippen LogP contribution is 2.39. The van der Waals surface area contributed by atoms with Crippen LogP contribution in [0.1, 0.15) is 0 Å². The highest BCUT2D eigenvalue weighted by atomic mass is 15.1. The van der Waals surface area contributed by atoms with E-state index in [9.17, 15) is 0 Å². The lowest BCUT2D eigenvalue weighted by molar-refractivity contribution is 1.10. The van der Waals surface area contributed by atoms with Crippen LogP contribution in [-0.4, -0.2) is 14.5 Å². The van der Waals surface area contributed by atoms with E-state index < -0.39 is 0 Å². The Kier molecular flexibility index (Phi) is 3.84. The van der Waals surface area contributed by atoms with Crippen LogP contribution in [-0.2, 0) is 0 Å². The molecule has 0 aliphatic heterocycles. The molecule has 0 unspecified atom stereocenters. The van der Waals surface area contributed by atoms with Crippen molar-refractivity contribution < 1.29 is 0 Å². The fourth-order valence-corrected chi connectivity index (χ4v) is 5.01. The number of rotatable bonds is 2. The number of benzene rings is 4. The minimum Gasteiger partial charge on any atom is -0.293 e. The number of fused-ring (bicyclic) bond motifs is 6. The maximum Gasteiger partial charge on any atom is 0.145 e. The summed E-state index contributed by atoms with van der Waals surface area (Å²) in [6.45, 7) is 0. The smallest absolute Gasteiger partial charge is 0.145 e. The molecule has 0 aliphatic rings. The van der Waals surface area contributed by atoms with Crippen molar-refractivity contribution in [3.63, 3.8) is 0 Å².